The minimum absolute atomic E-state index is 0.00805. The first-order chi connectivity index (χ1) is 9.64. The molecule has 1 atom stereocenters. The highest BCUT2D eigenvalue weighted by Crippen LogP contribution is 2.42. The molecule has 3 heteroatoms. The van der Waals surface area contributed by atoms with Crippen molar-refractivity contribution in [3.05, 3.63) is 23.8 Å². The molecule has 0 aromatic heterocycles. The van der Waals surface area contributed by atoms with E-state index in [4.69, 9.17) is 9.47 Å². The van der Waals surface area contributed by atoms with Gasteiger partial charge in [0, 0.05) is 17.2 Å². The molecule has 3 nitrogen and oxygen atoms in total. The van der Waals surface area contributed by atoms with Gasteiger partial charge in [-0.25, -0.2) is 0 Å². The standard InChI is InChI=1S/C17H27NO2/c1-13(2)17(10-6-5-7-11-18-17)15-9-8-14(19-3)12-16(15)20-4/h8-9,12-13,18H,5-7,10-11H2,1-4H3. The lowest BCUT2D eigenvalue weighted by Gasteiger charge is -2.39. The number of ether oxygens (including phenoxy) is 2. The monoisotopic (exact) mass is 277 g/mol. The predicted molar refractivity (Wildman–Crippen MR) is 82.5 cm³/mol. The van der Waals surface area contributed by atoms with Crippen LogP contribution >= 0.6 is 0 Å². The van der Waals surface area contributed by atoms with Crippen molar-refractivity contribution < 1.29 is 9.47 Å². The van der Waals surface area contributed by atoms with Crippen molar-refractivity contribution in [2.75, 3.05) is 20.8 Å². The molecule has 1 saturated heterocycles. The molecule has 1 aliphatic heterocycles. The summed E-state index contributed by atoms with van der Waals surface area (Å²) < 4.78 is 11.0. The average molecular weight is 277 g/mol. The van der Waals surface area contributed by atoms with E-state index in [9.17, 15) is 0 Å². The second kappa shape index (κ2) is 6.49. The lowest BCUT2D eigenvalue weighted by atomic mass is 9.76. The van der Waals surface area contributed by atoms with Gasteiger partial charge in [0.15, 0.2) is 0 Å². The molecule has 0 radical (unpaired) electrons. The second-order valence-electron chi connectivity index (χ2n) is 5.93. The highest BCUT2D eigenvalue weighted by atomic mass is 16.5. The molecule has 0 aliphatic carbocycles. The Kier molecular flexibility index (Phi) is 4.92. The maximum absolute atomic E-state index is 5.64. The molecule has 1 N–H and O–H groups in total. The Morgan fingerprint density at radius 2 is 1.90 bits per heavy atom. The first-order valence-electron chi connectivity index (χ1n) is 7.61. The molecule has 1 aromatic carbocycles. The van der Waals surface area contributed by atoms with Gasteiger partial charge in [-0.05, 0) is 37.4 Å². The van der Waals surface area contributed by atoms with Gasteiger partial charge in [0.25, 0.3) is 0 Å². The van der Waals surface area contributed by atoms with Gasteiger partial charge in [0.2, 0.25) is 0 Å². The van der Waals surface area contributed by atoms with E-state index in [1.54, 1.807) is 14.2 Å². The smallest absolute Gasteiger partial charge is 0.127 e. The molecule has 1 fully saturated rings. The lowest BCUT2D eigenvalue weighted by Crippen LogP contribution is -2.46. The highest BCUT2D eigenvalue weighted by molar-refractivity contribution is 5.45. The summed E-state index contributed by atoms with van der Waals surface area (Å²) >= 11 is 0. The predicted octanol–water partition coefficient (Wildman–Crippen LogP) is 3.72. The zero-order valence-electron chi connectivity index (χ0n) is 13.2. The fourth-order valence-corrected chi connectivity index (χ4v) is 3.31. The van der Waals surface area contributed by atoms with Crippen LogP contribution in [-0.2, 0) is 5.54 Å². The van der Waals surface area contributed by atoms with Crippen molar-refractivity contribution in [1.82, 2.24) is 5.32 Å². The Morgan fingerprint density at radius 3 is 2.55 bits per heavy atom. The maximum Gasteiger partial charge on any atom is 0.127 e. The molecule has 0 amide bonds. The van der Waals surface area contributed by atoms with E-state index < -0.39 is 0 Å². The van der Waals surface area contributed by atoms with Gasteiger partial charge in [-0.1, -0.05) is 26.7 Å². The van der Waals surface area contributed by atoms with Crippen LogP contribution in [0.5, 0.6) is 11.5 Å². The van der Waals surface area contributed by atoms with Gasteiger partial charge in [0.05, 0.1) is 14.2 Å². The van der Waals surface area contributed by atoms with Crippen LogP contribution in [0.4, 0.5) is 0 Å². The summed E-state index contributed by atoms with van der Waals surface area (Å²) in [6.45, 7) is 5.66. The van der Waals surface area contributed by atoms with Crippen molar-refractivity contribution in [1.29, 1.82) is 0 Å². The quantitative estimate of drug-likeness (QED) is 0.910. The molecular formula is C17H27NO2. The molecule has 1 aliphatic rings. The van der Waals surface area contributed by atoms with Gasteiger partial charge in [0.1, 0.15) is 11.5 Å². The topological polar surface area (TPSA) is 30.5 Å². The molecule has 0 saturated carbocycles. The minimum Gasteiger partial charge on any atom is -0.497 e. The van der Waals surface area contributed by atoms with Crippen molar-refractivity contribution in [2.45, 2.75) is 45.1 Å². The SMILES string of the molecule is COc1ccc(C2(C(C)C)CCCCCN2)c(OC)c1. The van der Waals surface area contributed by atoms with Crippen molar-refractivity contribution in [3.63, 3.8) is 0 Å². The van der Waals surface area contributed by atoms with Crippen molar-refractivity contribution in [2.24, 2.45) is 5.92 Å². The number of hydrogen-bond acceptors (Lipinski definition) is 3. The first-order valence-corrected chi connectivity index (χ1v) is 7.61. The van der Waals surface area contributed by atoms with Gasteiger partial charge in [-0.2, -0.15) is 0 Å². The number of rotatable bonds is 4. The lowest BCUT2D eigenvalue weighted by molar-refractivity contribution is 0.222. The van der Waals surface area contributed by atoms with Gasteiger partial charge >= 0.3 is 0 Å². The molecule has 2 rings (SSSR count). The third-order valence-electron chi connectivity index (χ3n) is 4.56. The summed E-state index contributed by atoms with van der Waals surface area (Å²) in [5.41, 5.74) is 1.27. The van der Waals surface area contributed by atoms with E-state index in [2.05, 4.69) is 25.2 Å². The van der Waals surface area contributed by atoms with Crippen LogP contribution in [0.2, 0.25) is 0 Å². The van der Waals surface area contributed by atoms with E-state index in [1.165, 1.54) is 24.8 Å². The van der Waals surface area contributed by atoms with Crippen LogP contribution in [0, 0.1) is 5.92 Å². The summed E-state index contributed by atoms with van der Waals surface area (Å²) in [6.07, 6.45) is 4.99. The molecule has 112 valence electrons. The van der Waals surface area contributed by atoms with Crippen molar-refractivity contribution >= 4 is 0 Å². The van der Waals surface area contributed by atoms with Gasteiger partial charge in [-0.3, -0.25) is 0 Å². The van der Waals surface area contributed by atoms with Crippen LogP contribution < -0.4 is 14.8 Å². The Labute approximate surface area is 122 Å². The summed E-state index contributed by atoms with van der Waals surface area (Å²) in [6, 6.07) is 6.19. The molecule has 1 heterocycles. The molecule has 0 bridgehead atoms. The Morgan fingerprint density at radius 1 is 1.10 bits per heavy atom. The second-order valence-corrected chi connectivity index (χ2v) is 5.93. The van der Waals surface area contributed by atoms with Crippen molar-refractivity contribution in [3.8, 4) is 11.5 Å². The van der Waals surface area contributed by atoms with E-state index >= 15 is 0 Å². The van der Waals surface area contributed by atoms with E-state index in [1.807, 2.05) is 12.1 Å². The number of benzene rings is 1. The number of hydrogen-bond donors (Lipinski definition) is 1. The van der Waals surface area contributed by atoms with E-state index in [0.717, 1.165) is 24.5 Å². The summed E-state index contributed by atoms with van der Waals surface area (Å²) in [5, 5.41) is 3.80. The van der Waals surface area contributed by atoms with Gasteiger partial charge < -0.3 is 14.8 Å². The normalized spacial score (nSPS) is 23.4. The Hall–Kier alpha value is -1.22. The highest BCUT2D eigenvalue weighted by Gasteiger charge is 2.38. The number of nitrogens with one attached hydrogen (secondary N) is 1. The molecule has 1 aromatic rings. The van der Waals surface area contributed by atoms with E-state index in [0.29, 0.717) is 5.92 Å². The molecule has 1 unspecified atom stereocenters. The zero-order valence-corrected chi connectivity index (χ0v) is 13.2. The molecule has 0 spiro atoms. The van der Waals surface area contributed by atoms with Crippen LogP contribution in [0.25, 0.3) is 0 Å². The third-order valence-corrected chi connectivity index (χ3v) is 4.56. The third kappa shape index (κ3) is 2.78. The first kappa shape index (κ1) is 15.2. The Bertz CT molecular complexity index is 435. The van der Waals surface area contributed by atoms with Crippen LogP contribution in [0.3, 0.4) is 0 Å². The summed E-state index contributed by atoms with van der Waals surface area (Å²) in [4.78, 5) is 0. The van der Waals surface area contributed by atoms with E-state index in [-0.39, 0.29) is 5.54 Å². The zero-order chi connectivity index (χ0) is 14.6. The fraction of sp³-hybridized carbons (Fsp3) is 0.647. The molecule has 20 heavy (non-hydrogen) atoms. The van der Waals surface area contributed by atoms with Gasteiger partial charge in [-0.15, -0.1) is 0 Å². The average Bonchev–Trinajstić information content (AvgIpc) is 2.73. The number of methoxy groups -OCH3 is 2. The van der Waals surface area contributed by atoms with Crippen LogP contribution in [-0.4, -0.2) is 20.8 Å². The Balaban J connectivity index is 2.48. The summed E-state index contributed by atoms with van der Waals surface area (Å²) in [7, 11) is 3.43. The maximum atomic E-state index is 5.64. The fourth-order valence-electron chi connectivity index (χ4n) is 3.31. The minimum atomic E-state index is 0.00805. The molecular weight excluding hydrogens is 250 g/mol. The summed E-state index contributed by atoms with van der Waals surface area (Å²) in [5.74, 6) is 2.29. The largest absolute Gasteiger partial charge is 0.497 e. The van der Waals surface area contributed by atoms with Crippen LogP contribution in [0.1, 0.15) is 45.1 Å². The van der Waals surface area contributed by atoms with Crippen LogP contribution in [0.15, 0.2) is 18.2 Å².